The second kappa shape index (κ2) is 10.8. The highest BCUT2D eigenvalue weighted by atomic mass is 79.9. The molecular formula is C28H20BrN3O5S2. The number of nitrogens with zero attached hydrogens (tertiary/aromatic N) is 3. The average molecular weight is 623 g/mol. The molecule has 1 N–H and O–H groups in total. The fourth-order valence-electron chi connectivity index (χ4n) is 4.45. The Hall–Kier alpha value is -3.67. The smallest absolute Gasteiger partial charge is 0.301 e. The first-order valence-electron chi connectivity index (χ1n) is 12.0. The van der Waals surface area contributed by atoms with Gasteiger partial charge in [-0.2, -0.15) is 0 Å². The van der Waals surface area contributed by atoms with Gasteiger partial charge >= 0.3 is 5.91 Å². The monoisotopic (exact) mass is 621 g/mol. The van der Waals surface area contributed by atoms with Gasteiger partial charge in [-0.3, -0.25) is 14.5 Å². The van der Waals surface area contributed by atoms with Crippen LogP contribution < -0.4 is 14.4 Å². The fourth-order valence-corrected chi connectivity index (χ4v) is 6.69. The number of anilines is 1. The fraction of sp³-hybridized carbons (Fsp3) is 0.143. The molecule has 1 amide bonds. The molecule has 6 rings (SSSR count). The number of ether oxygens (including phenoxy) is 2. The molecule has 39 heavy (non-hydrogen) atoms. The third kappa shape index (κ3) is 5.05. The molecule has 1 aromatic heterocycles. The summed E-state index contributed by atoms with van der Waals surface area (Å²) in [6.45, 7) is 0.807. The minimum atomic E-state index is -0.907. The van der Waals surface area contributed by atoms with Crippen LogP contribution in [0.25, 0.3) is 5.76 Å². The molecule has 3 aromatic carbocycles. The zero-order chi connectivity index (χ0) is 26.9. The third-order valence-corrected chi connectivity index (χ3v) is 8.85. The average Bonchev–Trinajstić information content (AvgIpc) is 3.53. The summed E-state index contributed by atoms with van der Waals surface area (Å²) >= 11 is 6.21. The molecule has 196 valence electrons. The number of aliphatic hydroxyl groups is 1. The largest absolute Gasteiger partial charge is 0.507 e. The Balaban J connectivity index is 1.40. The molecule has 1 fully saturated rings. The molecular weight excluding hydrogens is 602 g/mol. The molecule has 0 aliphatic carbocycles. The molecule has 4 aromatic rings. The lowest BCUT2D eigenvalue weighted by molar-refractivity contribution is -0.132. The zero-order valence-electron chi connectivity index (χ0n) is 20.2. The number of ketones is 1. The predicted octanol–water partition coefficient (Wildman–Crippen LogP) is 5.99. The predicted molar refractivity (Wildman–Crippen MR) is 152 cm³/mol. The van der Waals surface area contributed by atoms with Crippen LogP contribution in [0.15, 0.2) is 87.2 Å². The number of rotatable bonds is 6. The molecule has 0 saturated carbocycles. The standard InChI is InChI=1S/C28H20BrN3O5S2/c29-19-8-4-7-17(13-19)23-22(24(33)18-9-10-20-21(14-18)37-12-11-36-20)25(34)26(35)32(23)27-30-31-28(39-27)38-15-16-5-2-1-3-6-16/h1-10,13-14,23,33H,11-12,15H2/b24-22+. The number of carbonyl (C=O) groups excluding carboxylic acids is 2. The number of amides is 1. The summed E-state index contributed by atoms with van der Waals surface area (Å²) in [6, 6.07) is 21.2. The van der Waals surface area contributed by atoms with Gasteiger partial charge in [0, 0.05) is 15.8 Å². The van der Waals surface area contributed by atoms with Gasteiger partial charge in [0.25, 0.3) is 5.78 Å². The molecule has 3 heterocycles. The molecule has 0 bridgehead atoms. The lowest BCUT2D eigenvalue weighted by Crippen LogP contribution is -2.29. The highest BCUT2D eigenvalue weighted by Gasteiger charge is 2.48. The van der Waals surface area contributed by atoms with Gasteiger partial charge in [0.2, 0.25) is 5.13 Å². The van der Waals surface area contributed by atoms with E-state index in [9.17, 15) is 14.7 Å². The molecule has 0 radical (unpaired) electrons. The SMILES string of the molecule is O=C1C(=O)N(c2nnc(SCc3ccccc3)s2)C(c2cccc(Br)c2)/C1=C(\O)c1ccc2c(c1)OCCO2. The number of hydrogen-bond acceptors (Lipinski definition) is 9. The summed E-state index contributed by atoms with van der Waals surface area (Å²) in [7, 11) is 0. The minimum absolute atomic E-state index is 0.0385. The number of aromatic nitrogens is 2. The summed E-state index contributed by atoms with van der Waals surface area (Å²) in [5, 5.41) is 20.2. The van der Waals surface area contributed by atoms with Crippen molar-refractivity contribution >= 4 is 61.6 Å². The van der Waals surface area contributed by atoms with Gasteiger partial charge in [-0.05, 0) is 41.5 Å². The number of aliphatic hydroxyl groups excluding tert-OH is 1. The highest BCUT2D eigenvalue weighted by molar-refractivity contribution is 9.10. The van der Waals surface area contributed by atoms with Crippen LogP contribution >= 0.6 is 39.0 Å². The van der Waals surface area contributed by atoms with Gasteiger partial charge in [-0.15, -0.1) is 10.2 Å². The number of benzene rings is 3. The van der Waals surface area contributed by atoms with Crippen molar-refractivity contribution in [2.24, 2.45) is 0 Å². The highest BCUT2D eigenvalue weighted by Crippen LogP contribution is 2.45. The van der Waals surface area contributed by atoms with E-state index in [1.54, 1.807) is 24.3 Å². The normalized spacial score (nSPS) is 18.0. The number of hydrogen-bond donors (Lipinski definition) is 1. The summed E-state index contributed by atoms with van der Waals surface area (Å²) in [5.41, 5.74) is 2.07. The van der Waals surface area contributed by atoms with E-state index < -0.39 is 17.7 Å². The van der Waals surface area contributed by atoms with E-state index in [1.807, 2.05) is 48.5 Å². The second-order valence-corrected chi connectivity index (χ2v) is 11.8. The van der Waals surface area contributed by atoms with Crippen molar-refractivity contribution in [3.63, 3.8) is 0 Å². The molecule has 0 spiro atoms. The van der Waals surface area contributed by atoms with Crippen LogP contribution in [0, 0.1) is 0 Å². The molecule has 2 aliphatic rings. The lowest BCUT2D eigenvalue weighted by atomic mass is 9.95. The Morgan fingerprint density at radius 3 is 2.59 bits per heavy atom. The summed E-state index contributed by atoms with van der Waals surface area (Å²) < 4.78 is 12.7. The van der Waals surface area contributed by atoms with Crippen LogP contribution in [0.2, 0.25) is 0 Å². The van der Waals surface area contributed by atoms with Crippen LogP contribution in [0.5, 0.6) is 11.5 Å². The molecule has 1 saturated heterocycles. The van der Waals surface area contributed by atoms with Crippen molar-refractivity contribution < 1.29 is 24.2 Å². The number of fused-ring (bicyclic) bond motifs is 1. The maximum absolute atomic E-state index is 13.5. The number of halogens is 1. The first-order valence-corrected chi connectivity index (χ1v) is 14.6. The molecule has 8 nitrogen and oxygen atoms in total. The van der Waals surface area contributed by atoms with E-state index in [1.165, 1.54) is 28.0 Å². The van der Waals surface area contributed by atoms with Crippen molar-refractivity contribution in [3.05, 3.63) is 99.5 Å². The third-order valence-electron chi connectivity index (χ3n) is 6.23. The topological polar surface area (TPSA) is 102 Å². The number of Topliss-reactive ketones (excluding diaryl/α,β-unsaturated/α-hetero) is 1. The number of thioether (sulfide) groups is 1. The Labute approximate surface area is 240 Å². The van der Waals surface area contributed by atoms with Crippen LogP contribution in [0.1, 0.15) is 22.7 Å². The Bertz CT molecular complexity index is 1610. The van der Waals surface area contributed by atoms with E-state index in [0.29, 0.717) is 45.9 Å². The zero-order valence-corrected chi connectivity index (χ0v) is 23.5. The second-order valence-electron chi connectivity index (χ2n) is 8.71. The first-order chi connectivity index (χ1) is 19.0. The van der Waals surface area contributed by atoms with E-state index in [0.717, 1.165) is 10.0 Å². The van der Waals surface area contributed by atoms with Crippen molar-refractivity contribution in [1.29, 1.82) is 0 Å². The van der Waals surface area contributed by atoms with Crippen LogP contribution in [0.3, 0.4) is 0 Å². The van der Waals surface area contributed by atoms with Crippen LogP contribution in [-0.4, -0.2) is 40.2 Å². The van der Waals surface area contributed by atoms with E-state index in [4.69, 9.17) is 9.47 Å². The molecule has 1 unspecified atom stereocenters. The van der Waals surface area contributed by atoms with Gasteiger partial charge in [0.05, 0.1) is 11.6 Å². The van der Waals surface area contributed by atoms with Gasteiger partial charge in [-0.25, -0.2) is 0 Å². The number of carbonyl (C=O) groups is 2. The molecule has 11 heteroatoms. The van der Waals surface area contributed by atoms with E-state index >= 15 is 0 Å². The Kier molecular flexibility index (Phi) is 7.11. The Morgan fingerprint density at radius 1 is 1.00 bits per heavy atom. The maximum Gasteiger partial charge on any atom is 0.301 e. The maximum atomic E-state index is 13.5. The van der Waals surface area contributed by atoms with Crippen LogP contribution in [0.4, 0.5) is 5.13 Å². The van der Waals surface area contributed by atoms with Gasteiger partial charge in [-0.1, -0.05) is 81.5 Å². The van der Waals surface area contributed by atoms with Gasteiger partial charge in [0.1, 0.15) is 19.0 Å². The quantitative estimate of drug-likeness (QED) is 0.0921. The minimum Gasteiger partial charge on any atom is -0.507 e. The summed E-state index contributed by atoms with van der Waals surface area (Å²) in [4.78, 5) is 28.2. The summed E-state index contributed by atoms with van der Waals surface area (Å²) in [6.07, 6.45) is 0. The van der Waals surface area contributed by atoms with Crippen molar-refractivity contribution in [3.8, 4) is 11.5 Å². The molecule has 1 atom stereocenters. The van der Waals surface area contributed by atoms with Gasteiger partial charge < -0.3 is 14.6 Å². The van der Waals surface area contributed by atoms with Crippen molar-refractivity contribution in [1.82, 2.24) is 10.2 Å². The lowest BCUT2D eigenvalue weighted by Gasteiger charge is -2.23. The van der Waals surface area contributed by atoms with Crippen LogP contribution in [-0.2, 0) is 15.3 Å². The first kappa shape index (κ1) is 25.6. The Morgan fingerprint density at radius 2 is 1.79 bits per heavy atom. The van der Waals surface area contributed by atoms with Gasteiger partial charge in [0.15, 0.2) is 15.8 Å². The van der Waals surface area contributed by atoms with E-state index in [-0.39, 0.29) is 16.5 Å². The summed E-state index contributed by atoms with van der Waals surface area (Å²) in [5.74, 6) is -0.191. The molecule has 2 aliphatic heterocycles. The van der Waals surface area contributed by atoms with Crippen molar-refractivity contribution in [2.75, 3.05) is 18.1 Å². The van der Waals surface area contributed by atoms with Crippen molar-refractivity contribution in [2.45, 2.75) is 16.1 Å². The van der Waals surface area contributed by atoms with E-state index in [2.05, 4.69) is 26.1 Å².